The molecule has 0 aliphatic carbocycles. The molecule has 4 rings (SSSR count). The molecule has 3 aromatic rings. The van der Waals surface area contributed by atoms with E-state index in [1.54, 1.807) is 12.5 Å². The van der Waals surface area contributed by atoms with Gasteiger partial charge in [0.2, 0.25) is 0 Å². The van der Waals surface area contributed by atoms with Crippen LogP contribution in [0.15, 0.2) is 53.9 Å². The molecular formula is C23H23N3O4S. The molecule has 1 aromatic heterocycles. The van der Waals surface area contributed by atoms with E-state index < -0.39 is 11.9 Å². The molecule has 1 aliphatic rings. The van der Waals surface area contributed by atoms with Crippen LogP contribution >= 0.6 is 11.3 Å². The summed E-state index contributed by atoms with van der Waals surface area (Å²) < 4.78 is 10.3. The number of carbonyl (C=O) groups excluding carboxylic acids is 2. The van der Waals surface area contributed by atoms with E-state index in [0.717, 1.165) is 30.1 Å². The topological polar surface area (TPSA) is 80.8 Å². The molecule has 1 aliphatic heterocycles. The van der Waals surface area contributed by atoms with Crippen LogP contribution in [0, 0.1) is 0 Å². The molecule has 0 saturated carbocycles. The number of rotatable bonds is 7. The summed E-state index contributed by atoms with van der Waals surface area (Å²) in [6, 6.07) is 15.1. The van der Waals surface area contributed by atoms with Gasteiger partial charge in [0.1, 0.15) is 10.8 Å². The van der Waals surface area contributed by atoms with Crippen molar-refractivity contribution in [1.82, 2.24) is 4.98 Å². The molecule has 0 unspecified atom stereocenters. The summed E-state index contributed by atoms with van der Waals surface area (Å²) >= 11 is 1.34. The Kier molecular flexibility index (Phi) is 6.47. The summed E-state index contributed by atoms with van der Waals surface area (Å²) in [7, 11) is 1.60. The zero-order chi connectivity index (χ0) is 21.6. The minimum Gasteiger partial charge on any atom is -0.497 e. The van der Waals surface area contributed by atoms with E-state index in [-0.39, 0.29) is 12.3 Å². The maximum Gasteiger partial charge on any atom is 0.358 e. The number of hydrogen-bond acceptors (Lipinski definition) is 7. The monoisotopic (exact) mass is 437 g/mol. The van der Waals surface area contributed by atoms with Crippen molar-refractivity contribution >= 4 is 34.6 Å². The quantitative estimate of drug-likeness (QED) is 0.558. The fraction of sp³-hybridized carbons (Fsp3) is 0.261. The number of ether oxygens (including phenoxy) is 2. The van der Waals surface area contributed by atoms with E-state index in [1.165, 1.54) is 24.2 Å². The molecule has 1 saturated heterocycles. The molecule has 8 heteroatoms. The Balaban J connectivity index is 1.28. The summed E-state index contributed by atoms with van der Waals surface area (Å²) in [4.78, 5) is 31.0. The minimum absolute atomic E-state index is 0.179. The van der Waals surface area contributed by atoms with Gasteiger partial charge in [-0.15, -0.1) is 11.3 Å². The number of benzene rings is 2. The second kappa shape index (κ2) is 9.61. The van der Waals surface area contributed by atoms with Crippen LogP contribution in [0.4, 0.5) is 11.4 Å². The fourth-order valence-electron chi connectivity index (χ4n) is 3.37. The van der Waals surface area contributed by atoms with Gasteiger partial charge in [-0.05, 0) is 61.4 Å². The predicted molar refractivity (Wildman–Crippen MR) is 121 cm³/mol. The maximum absolute atomic E-state index is 12.3. The number of anilines is 2. The highest BCUT2D eigenvalue weighted by Crippen LogP contribution is 2.26. The van der Waals surface area contributed by atoms with Crippen LogP contribution in [-0.2, 0) is 9.53 Å². The second-order valence-corrected chi connectivity index (χ2v) is 7.99. The lowest BCUT2D eigenvalue weighted by atomic mass is 10.2. The summed E-state index contributed by atoms with van der Waals surface area (Å²) in [5, 5.41) is 5.06. The Bertz CT molecular complexity index is 1040. The van der Waals surface area contributed by atoms with E-state index in [2.05, 4.69) is 15.2 Å². The summed E-state index contributed by atoms with van der Waals surface area (Å²) in [6.45, 7) is 1.76. The molecule has 160 valence electrons. The normalized spacial score (nSPS) is 13.1. The second-order valence-electron chi connectivity index (χ2n) is 7.13. The molecule has 0 spiro atoms. The molecule has 2 aromatic carbocycles. The van der Waals surface area contributed by atoms with Crippen LogP contribution in [0.5, 0.6) is 5.75 Å². The SMILES string of the molecule is COc1ccc(-c2nc(C(=O)OCC(=O)Nc3ccc(N4CCCC4)cc3)cs2)cc1. The van der Waals surface area contributed by atoms with Gasteiger partial charge in [-0.1, -0.05) is 0 Å². The fourth-order valence-corrected chi connectivity index (χ4v) is 4.16. The molecule has 0 atom stereocenters. The van der Waals surface area contributed by atoms with E-state index in [4.69, 9.17) is 9.47 Å². The number of nitrogens with zero attached hydrogens (tertiary/aromatic N) is 2. The first kappa shape index (κ1) is 20.9. The summed E-state index contributed by atoms with van der Waals surface area (Å²) in [6.07, 6.45) is 2.43. The van der Waals surface area contributed by atoms with Crippen LogP contribution in [0.3, 0.4) is 0 Å². The maximum atomic E-state index is 12.3. The van der Waals surface area contributed by atoms with Crippen LogP contribution in [0.2, 0.25) is 0 Å². The van der Waals surface area contributed by atoms with Crippen molar-refractivity contribution in [3.8, 4) is 16.3 Å². The first-order chi connectivity index (χ1) is 15.1. The van der Waals surface area contributed by atoms with Gasteiger partial charge in [0.25, 0.3) is 5.91 Å². The van der Waals surface area contributed by atoms with Crippen LogP contribution in [0.1, 0.15) is 23.3 Å². The Labute approximate surface area is 184 Å². The molecule has 0 bridgehead atoms. The average Bonchev–Trinajstić information content (AvgIpc) is 3.51. The van der Waals surface area contributed by atoms with Crippen LogP contribution < -0.4 is 15.0 Å². The van der Waals surface area contributed by atoms with Crippen LogP contribution in [-0.4, -0.2) is 43.7 Å². The number of esters is 1. The summed E-state index contributed by atoms with van der Waals surface area (Å²) in [5.74, 6) is -0.278. The first-order valence-electron chi connectivity index (χ1n) is 10.0. The molecule has 1 N–H and O–H groups in total. The van der Waals surface area contributed by atoms with E-state index in [9.17, 15) is 9.59 Å². The largest absolute Gasteiger partial charge is 0.497 e. The molecule has 31 heavy (non-hydrogen) atoms. The van der Waals surface area contributed by atoms with Crippen molar-refractivity contribution in [2.45, 2.75) is 12.8 Å². The van der Waals surface area contributed by atoms with E-state index in [1.807, 2.05) is 48.5 Å². The lowest BCUT2D eigenvalue weighted by Gasteiger charge is -2.17. The molecule has 1 fully saturated rings. The highest BCUT2D eigenvalue weighted by Gasteiger charge is 2.16. The molecule has 7 nitrogen and oxygen atoms in total. The molecule has 2 heterocycles. The number of nitrogens with one attached hydrogen (secondary N) is 1. The summed E-state index contributed by atoms with van der Waals surface area (Å²) in [5.41, 5.74) is 2.87. The first-order valence-corrected chi connectivity index (χ1v) is 10.9. The Morgan fingerprint density at radius 2 is 1.77 bits per heavy atom. The zero-order valence-corrected chi connectivity index (χ0v) is 18.0. The number of amides is 1. The van der Waals surface area contributed by atoms with Gasteiger partial charge in [0.15, 0.2) is 12.3 Å². The Morgan fingerprint density at radius 1 is 1.06 bits per heavy atom. The van der Waals surface area contributed by atoms with Crippen molar-refractivity contribution in [1.29, 1.82) is 0 Å². The standard InChI is InChI=1S/C23H23N3O4S/c1-29-19-10-4-16(5-11-19)22-25-20(15-31-22)23(28)30-14-21(27)24-17-6-8-18(9-7-17)26-12-2-3-13-26/h4-11,15H,2-3,12-14H2,1H3,(H,24,27). The molecule has 0 radical (unpaired) electrons. The van der Waals surface area contributed by atoms with Crippen LogP contribution in [0.25, 0.3) is 10.6 Å². The number of hydrogen-bond donors (Lipinski definition) is 1. The van der Waals surface area contributed by atoms with Gasteiger partial charge in [-0.2, -0.15) is 0 Å². The third-order valence-electron chi connectivity index (χ3n) is 5.01. The van der Waals surface area contributed by atoms with Gasteiger partial charge in [0, 0.05) is 35.4 Å². The Morgan fingerprint density at radius 3 is 2.45 bits per heavy atom. The van der Waals surface area contributed by atoms with Crippen molar-refractivity contribution in [2.75, 3.05) is 37.0 Å². The van der Waals surface area contributed by atoms with Gasteiger partial charge in [0.05, 0.1) is 7.11 Å². The lowest BCUT2D eigenvalue weighted by Crippen LogP contribution is -2.21. The van der Waals surface area contributed by atoms with E-state index >= 15 is 0 Å². The smallest absolute Gasteiger partial charge is 0.358 e. The average molecular weight is 438 g/mol. The highest BCUT2D eigenvalue weighted by molar-refractivity contribution is 7.13. The van der Waals surface area contributed by atoms with Crippen molar-refractivity contribution in [3.05, 3.63) is 59.6 Å². The van der Waals surface area contributed by atoms with Crippen molar-refractivity contribution < 1.29 is 19.1 Å². The van der Waals surface area contributed by atoms with Gasteiger partial charge in [-0.3, -0.25) is 4.79 Å². The van der Waals surface area contributed by atoms with Gasteiger partial charge < -0.3 is 19.7 Å². The number of methoxy groups -OCH3 is 1. The number of carbonyl (C=O) groups is 2. The highest BCUT2D eigenvalue weighted by atomic mass is 32.1. The van der Waals surface area contributed by atoms with Crippen molar-refractivity contribution in [3.63, 3.8) is 0 Å². The predicted octanol–water partition coefficient (Wildman–Crippen LogP) is 4.21. The lowest BCUT2D eigenvalue weighted by molar-refractivity contribution is -0.119. The van der Waals surface area contributed by atoms with Gasteiger partial charge >= 0.3 is 5.97 Å². The van der Waals surface area contributed by atoms with E-state index in [0.29, 0.717) is 10.7 Å². The molecular weight excluding hydrogens is 414 g/mol. The Hall–Kier alpha value is -3.39. The molecule has 1 amide bonds. The minimum atomic E-state index is -0.629. The third kappa shape index (κ3) is 5.21. The number of thiazole rings is 1. The number of aromatic nitrogens is 1. The third-order valence-corrected chi connectivity index (χ3v) is 5.90. The van der Waals surface area contributed by atoms with Crippen molar-refractivity contribution in [2.24, 2.45) is 0 Å². The van der Waals surface area contributed by atoms with Gasteiger partial charge in [-0.25, -0.2) is 9.78 Å². The zero-order valence-electron chi connectivity index (χ0n) is 17.2.